The van der Waals surface area contributed by atoms with Gasteiger partial charge in [0.2, 0.25) is 0 Å². The largest absolute Gasteiger partial charge is 0.404 e. The van der Waals surface area contributed by atoms with Crippen LogP contribution in [0.25, 0.3) is 0 Å². The minimum absolute atomic E-state index is 0.0794. The van der Waals surface area contributed by atoms with E-state index >= 15 is 0 Å². The second-order valence-electron chi connectivity index (χ2n) is 4.77. The molecule has 0 nitrogen and oxygen atoms in total. The summed E-state index contributed by atoms with van der Waals surface area (Å²) in [7, 11) is 0. The van der Waals surface area contributed by atoms with Crippen LogP contribution in [-0.2, 0) is 5.41 Å². The topological polar surface area (TPSA) is 0 Å². The van der Waals surface area contributed by atoms with Gasteiger partial charge in [0.1, 0.15) is 12.1 Å². The lowest BCUT2D eigenvalue weighted by Gasteiger charge is -2.34. The molecule has 0 aliphatic carbocycles. The molecule has 2 rings (SSSR count). The summed E-state index contributed by atoms with van der Waals surface area (Å²) < 4.78 is 54.4. The highest BCUT2D eigenvalue weighted by molar-refractivity contribution is 5.42. The normalized spacial score (nSPS) is 14.8. The van der Waals surface area contributed by atoms with E-state index < -0.39 is 18.3 Å². The van der Waals surface area contributed by atoms with Crippen LogP contribution in [0.4, 0.5) is 17.6 Å². The van der Waals surface area contributed by atoms with Crippen molar-refractivity contribution >= 4 is 0 Å². The van der Waals surface area contributed by atoms with Gasteiger partial charge in [-0.2, -0.15) is 13.2 Å². The lowest BCUT2D eigenvalue weighted by Crippen LogP contribution is -2.45. The molecule has 0 N–H and O–H groups in total. The van der Waals surface area contributed by atoms with E-state index in [1.807, 2.05) is 0 Å². The zero-order valence-corrected chi connectivity index (χ0v) is 10.9. The Morgan fingerprint density at radius 1 is 0.800 bits per heavy atom. The second-order valence-corrected chi connectivity index (χ2v) is 4.77. The van der Waals surface area contributed by atoms with Gasteiger partial charge in [-0.3, -0.25) is 0 Å². The summed E-state index contributed by atoms with van der Waals surface area (Å²) in [5.41, 5.74) is -1.94. The Morgan fingerprint density at radius 2 is 1.30 bits per heavy atom. The Kier molecular flexibility index (Phi) is 3.84. The number of alkyl halides is 4. The Labute approximate surface area is 115 Å². The number of hydrogen-bond acceptors (Lipinski definition) is 0. The zero-order chi connectivity index (χ0) is 14.8. The molecule has 0 saturated carbocycles. The Hall–Kier alpha value is -1.84. The second kappa shape index (κ2) is 5.27. The number of aryl methyl sites for hydroxylation is 1. The lowest BCUT2D eigenvalue weighted by molar-refractivity contribution is -0.182. The van der Waals surface area contributed by atoms with E-state index in [0.717, 1.165) is 5.56 Å². The van der Waals surface area contributed by atoms with E-state index in [1.54, 1.807) is 25.1 Å². The monoisotopic (exact) mass is 282 g/mol. The first-order valence-electron chi connectivity index (χ1n) is 6.17. The van der Waals surface area contributed by atoms with Crippen LogP contribution >= 0.6 is 0 Å². The molecule has 2 aromatic carbocycles. The summed E-state index contributed by atoms with van der Waals surface area (Å²) in [6, 6.07) is 13.0. The molecule has 0 aliphatic rings. The van der Waals surface area contributed by atoms with Crippen molar-refractivity contribution in [3.63, 3.8) is 0 Å². The molecule has 106 valence electrons. The maximum Gasteiger partial charge on any atom is 0.404 e. The molecular weight excluding hydrogens is 268 g/mol. The summed E-state index contributed by atoms with van der Waals surface area (Å²) in [6.45, 7) is 0.251. The number of halogens is 4. The fourth-order valence-electron chi connectivity index (χ4n) is 2.28. The van der Waals surface area contributed by atoms with Gasteiger partial charge in [0.25, 0.3) is 0 Å². The summed E-state index contributed by atoms with van der Waals surface area (Å²) in [5.74, 6) is 0. The lowest BCUT2D eigenvalue weighted by atomic mass is 9.74. The van der Waals surface area contributed by atoms with Crippen LogP contribution in [0.1, 0.15) is 16.7 Å². The molecule has 1 atom stereocenters. The van der Waals surface area contributed by atoms with Crippen LogP contribution in [0.2, 0.25) is 0 Å². The van der Waals surface area contributed by atoms with Crippen molar-refractivity contribution in [1.29, 1.82) is 0 Å². The van der Waals surface area contributed by atoms with Crippen LogP contribution in [0.3, 0.4) is 0 Å². The smallest absolute Gasteiger partial charge is 0.249 e. The van der Waals surface area contributed by atoms with Gasteiger partial charge in [0, 0.05) is 0 Å². The maximum atomic E-state index is 13.6. The average molecular weight is 282 g/mol. The molecule has 1 unspecified atom stereocenters. The molecule has 0 spiro atoms. The van der Waals surface area contributed by atoms with Gasteiger partial charge in [0.15, 0.2) is 0 Å². The molecular formula is C16H14F4. The van der Waals surface area contributed by atoms with Crippen molar-refractivity contribution in [2.24, 2.45) is 0 Å². The van der Waals surface area contributed by atoms with Gasteiger partial charge in [-0.05, 0) is 18.1 Å². The predicted octanol–water partition coefficient (Wildman–Crippen LogP) is 4.81. The number of rotatable bonds is 3. The van der Waals surface area contributed by atoms with Gasteiger partial charge < -0.3 is 0 Å². The highest BCUT2D eigenvalue weighted by Gasteiger charge is 2.57. The quantitative estimate of drug-likeness (QED) is 0.708. The molecule has 20 heavy (non-hydrogen) atoms. The first kappa shape index (κ1) is 14.6. The fraction of sp³-hybridized carbons (Fsp3) is 0.250. The standard InChI is InChI=1S/C16H14F4/c1-12-7-9-14(10-8-12)15(11-17,16(18,19)20)13-5-3-2-4-6-13/h2-10H,11H2,1H3. The summed E-state index contributed by atoms with van der Waals surface area (Å²) in [5, 5.41) is 0. The molecule has 0 bridgehead atoms. The van der Waals surface area contributed by atoms with Gasteiger partial charge >= 0.3 is 6.18 Å². The van der Waals surface area contributed by atoms with Crippen molar-refractivity contribution in [3.8, 4) is 0 Å². The minimum Gasteiger partial charge on any atom is -0.249 e. The van der Waals surface area contributed by atoms with Crippen molar-refractivity contribution in [3.05, 3.63) is 71.3 Å². The average Bonchev–Trinajstić information content (AvgIpc) is 2.42. The van der Waals surface area contributed by atoms with Crippen molar-refractivity contribution in [2.45, 2.75) is 18.5 Å². The van der Waals surface area contributed by atoms with Crippen molar-refractivity contribution in [2.75, 3.05) is 6.67 Å². The van der Waals surface area contributed by atoms with E-state index in [2.05, 4.69) is 0 Å². The summed E-state index contributed by atoms with van der Waals surface area (Å²) in [6.07, 6.45) is -4.71. The molecule has 0 aliphatic heterocycles. The van der Waals surface area contributed by atoms with Crippen LogP contribution in [-0.4, -0.2) is 12.9 Å². The third-order valence-corrected chi connectivity index (χ3v) is 3.50. The van der Waals surface area contributed by atoms with E-state index in [1.165, 1.54) is 36.4 Å². The molecule has 0 saturated heterocycles. The van der Waals surface area contributed by atoms with E-state index in [0.29, 0.717) is 0 Å². The maximum absolute atomic E-state index is 13.6. The van der Waals surface area contributed by atoms with E-state index in [4.69, 9.17) is 0 Å². The van der Waals surface area contributed by atoms with Gasteiger partial charge in [-0.25, -0.2) is 4.39 Å². The van der Waals surface area contributed by atoms with Gasteiger partial charge in [-0.15, -0.1) is 0 Å². The molecule has 0 aromatic heterocycles. The first-order chi connectivity index (χ1) is 9.41. The van der Waals surface area contributed by atoms with Crippen LogP contribution in [0.15, 0.2) is 54.6 Å². The molecule has 4 heteroatoms. The minimum atomic E-state index is -4.71. The predicted molar refractivity (Wildman–Crippen MR) is 70.4 cm³/mol. The Morgan fingerprint density at radius 3 is 1.75 bits per heavy atom. The Bertz CT molecular complexity index is 557. The van der Waals surface area contributed by atoms with Crippen molar-refractivity contribution in [1.82, 2.24) is 0 Å². The first-order valence-corrected chi connectivity index (χ1v) is 6.17. The van der Waals surface area contributed by atoms with Crippen LogP contribution in [0.5, 0.6) is 0 Å². The SMILES string of the molecule is Cc1ccc(C(CF)(c2ccccc2)C(F)(F)F)cc1. The molecule has 0 fully saturated rings. The third-order valence-electron chi connectivity index (χ3n) is 3.50. The number of hydrogen-bond donors (Lipinski definition) is 0. The van der Waals surface area contributed by atoms with Gasteiger partial charge in [-0.1, -0.05) is 60.2 Å². The molecule has 2 aromatic rings. The van der Waals surface area contributed by atoms with Crippen molar-refractivity contribution < 1.29 is 17.6 Å². The summed E-state index contributed by atoms with van der Waals surface area (Å²) in [4.78, 5) is 0. The Balaban J connectivity index is 2.69. The van der Waals surface area contributed by atoms with E-state index in [-0.39, 0.29) is 11.1 Å². The van der Waals surface area contributed by atoms with Gasteiger partial charge in [0.05, 0.1) is 0 Å². The third kappa shape index (κ3) is 2.30. The van der Waals surface area contributed by atoms with Crippen LogP contribution in [0, 0.1) is 6.92 Å². The van der Waals surface area contributed by atoms with E-state index in [9.17, 15) is 17.6 Å². The molecule has 0 heterocycles. The molecule has 0 radical (unpaired) electrons. The molecule has 0 amide bonds. The van der Waals surface area contributed by atoms with Crippen LogP contribution < -0.4 is 0 Å². The number of benzene rings is 2. The summed E-state index contributed by atoms with van der Waals surface area (Å²) >= 11 is 0. The highest BCUT2D eigenvalue weighted by atomic mass is 19.4. The zero-order valence-electron chi connectivity index (χ0n) is 10.9. The fourth-order valence-corrected chi connectivity index (χ4v) is 2.28. The highest BCUT2D eigenvalue weighted by Crippen LogP contribution is 2.46.